The van der Waals surface area contributed by atoms with Gasteiger partial charge in [0.05, 0.1) is 17.5 Å². The summed E-state index contributed by atoms with van der Waals surface area (Å²) in [5.74, 6) is -0.808. The molecule has 0 spiro atoms. The van der Waals surface area contributed by atoms with Crippen LogP contribution in [0.15, 0.2) is 59.4 Å². The van der Waals surface area contributed by atoms with Crippen molar-refractivity contribution in [1.29, 1.82) is 5.26 Å². The van der Waals surface area contributed by atoms with E-state index in [1.54, 1.807) is 42.9 Å². The van der Waals surface area contributed by atoms with Gasteiger partial charge < -0.3 is 10.6 Å². The van der Waals surface area contributed by atoms with E-state index in [-0.39, 0.29) is 17.2 Å². The van der Waals surface area contributed by atoms with E-state index in [0.29, 0.717) is 35.5 Å². The Morgan fingerprint density at radius 1 is 1.03 bits per heavy atom. The Balaban J connectivity index is 1.56. The maximum absolute atomic E-state index is 13.0. The van der Waals surface area contributed by atoms with E-state index in [0.717, 1.165) is 12.8 Å². The zero-order chi connectivity index (χ0) is 23.6. The average Bonchev–Trinajstić information content (AvgIpc) is 3.40. The highest BCUT2D eigenvalue weighted by molar-refractivity contribution is 6.06. The third-order valence-corrected chi connectivity index (χ3v) is 6.28. The van der Waals surface area contributed by atoms with E-state index in [9.17, 15) is 19.6 Å². The lowest BCUT2D eigenvalue weighted by atomic mass is 9.87. The second kappa shape index (κ2) is 8.79. The van der Waals surface area contributed by atoms with Crippen LogP contribution in [0.1, 0.15) is 41.7 Å². The van der Waals surface area contributed by atoms with Crippen LogP contribution in [0, 0.1) is 23.7 Å². The van der Waals surface area contributed by atoms with Crippen molar-refractivity contribution < 1.29 is 9.59 Å². The Kier molecular flexibility index (Phi) is 5.88. The van der Waals surface area contributed by atoms with Gasteiger partial charge in [-0.15, -0.1) is 0 Å². The van der Waals surface area contributed by atoms with Crippen molar-refractivity contribution in [2.75, 3.05) is 10.6 Å². The fraction of sp³-hybridized carbons (Fsp3) is 0.280. The number of para-hydroxylation sites is 1. The second-order valence-corrected chi connectivity index (χ2v) is 8.33. The number of nitrogens with one attached hydrogen (secondary N) is 2. The van der Waals surface area contributed by atoms with E-state index in [4.69, 9.17) is 0 Å². The van der Waals surface area contributed by atoms with Gasteiger partial charge in [0.25, 0.3) is 11.5 Å². The maximum atomic E-state index is 13.0. The molecule has 0 radical (unpaired) electrons. The molecule has 3 aromatic rings. The van der Waals surface area contributed by atoms with Crippen LogP contribution in [-0.2, 0) is 11.8 Å². The summed E-state index contributed by atoms with van der Waals surface area (Å²) in [5, 5.41) is 15.0. The number of nitrogens with zero attached hydrogens (tertiary/aromatic N) is 3. The largest absolute Gasteiger partial charge is 0.325 e. The molecule has 1 saturated carbocycles. The van der Waals surface area contributed by atoms with Crippen LogP contribution in [0.25, 0.3) is 5.69 Å². The summed E-state index contributed by atoms with van der Waals surface area (Å²) in [5.41, 5.74) is 0.865. The molecule has 2 N–H and O–H groups in total. The minimum atomic E-state index is -1.01. The molecule has 0 unspecified atom stereocenters. The molecule has 8 heteroatoms. The zero-order valence-corrected chi connectivity index (χ0v) is 18.6. The number of carbonyl (C=O) groups is 2. The highest BCUT2D eigenvalue weighted by atomic mass is 16.2. The summed E-state index contributed by atoms with van der Waals surface area (Å²) in [6.07, 6.45) is 2.77. The number of aromatic nitrogens is 2. The Hall–Kier alpha value is -4.12. The topological polar surface area (TPSA) is 109 Å². The Bertz CT molecular complexity index is 1310. The van der Waals surface area contributed by atoms with Crippen LogP contribution in [0.3, 0.4) is 0 Å². The first-order chi connectivity index (χ1) is 15.9. The number of hydrogen-bond donors (Lipinski definition) is 2. The molecule has 1 aliphatic rings. The SMILES string of the molecule is Cc1c(NC(=O)c2cccc(NC(=O)C3(C#N)CCCC3)c2)c(=O)n(-c2ccccc2)n1C. The summed E-state index contributed by atoms with van der Waals surface area (Å²) in [6.45, 7) is 1.76. The van der Waals surface area contributed by atoms with Crippen molar-refractivity contribution >= 4 is 23.2 Å². The molecule has 33 heavy (non-hydrogen) atoms. The van der Waals surface area contributed by atoms with E-state index < -0.39 is 11.3 Å². The van der Waals surface area contributed by atoms with Crippen LogP contribution in [-0.4, -0.2) is 21.2 Å². The molecule has 1 fully saturated rings. The van der Waals surface area contributed by atoms with Gasteiger partial charge in [-0.3, -0.25) is 19.1 Å². The zero-order valence-electron chi connectivity index (χ0n) is 18.6. The second-order valence-electron chi connectivity index (χ2n) is 8.33. The van der Waals surface area contributed by atoms with Gasteiger partial charge >= 0.3 is 0 Å². The molecule has 4 rings (SSSR count). The number of benzene rings is 2. The van der Waals surface area contributed by atoms with Crippen molar-refractivity contribution in [2.45, 2.75) is 32.6 Å². The van der Waals surface area contributed by atoms with Gasteiger partial charge in [0, 0.05) is 18.3 Å². The lowest BCUT2D eigenvalue weighted by Crippen LogP contribution is -2.32. The normalized spacial score (nSPS) is 14.5. The number of hydrogen-bond acceptors (Lipinski definition) is 4. The highest BCUT2D eigenvalue weighted by Crippen LogP contribution is 2.38. The fourth-order valence-corrected chi connectivity index (χ4v) is 4.26. The maximum Gasteiger partial charge on any atom is 0.295 e. The number of nitriles is 1. The third-order valence-electron chi connectivity index (χ3n) is 6.28. The van der Waals surface area contributed by atoms with Crippen molar-refractivity contribution in [3.63, 3.8) is 0 Å². The summed E-state index contributed by atoms with van der Waals surface area (Å²) in [4.78, 5) is 38.7. The van der Waals surface area contributed by atoms with Gasteiger partial charge in [-0.2, -0.15) is 5.26 Å². The molecule has 1 aromatic heterocycles. The summed E-state index contributed by atoms with van der Waals surface area (Å²) < 4.78 is 3.18. The van der Waals surface area contributed by atoms with Crippen molar-refractivity contribution in [3.05, 3.63) is 76.2 Å². The summed E-state index contributed by atoms with van der Waals surface area (Å²) in [6, 6.07) is 17.8. The minimum absolute atomic E-state index is 0.190. The van der Waals surface area contributed by atoms with Crippen LogP contribution in [0.4, 0.5) is 11.4 Å². The number of amides is 2. The first-order valence-corrected chi connectivity index (χ1v) is 10.8. The van der Waals surface area contributed by atoms with E-state index >= 15 is 0 Å². The Morgan fingerprint density at radius 2 is 1.73 bits per heavy atom. The van der Waals surface area contributed by atoms with Crippen molar-refractivity contribution in [2.24, 2.45) is 12.5 Å². The first-order valence-electron chi connectivity index (χ1n) is 10.8. The lowest BCUT2D eigenvalue weighted by Gasteiger charge is -2.19. The van der Waals surface area contributed by atoms with Gasteiger partial charge in [0.2, 0.25) is 5.91 Å². The van der Waals surface area contributed by atoms with E-state index in [1.807, 2.05) is 30.3 Å². The molecule has 168 valence electrons. The smallest absolute Gasteiger partial charge is 0.295 e. The summed E-state index contributed by atoms with van der Waals surface area (Å²) >= 11 is 0. The molecule has 0 atom stereocenters. The molecule has 0 bridgehead atoms. The molecular formula is C25H25N5O3. The minimum Gasteiger partial charge on any atom is -0.325 e. The van der Waals surface area contributed by atoms with Crippen molar-refractivity contribution in [3.8, 4) is 11.8 Å². The van der Waals surface area contributed by atoms with Crippen LogP contribution in [0.2, 0.25) is 0 Å². The van der Waals surface area contributed by atoms with Gasteiger partial charge in [-0.25, -0.2) is 4.68 Å². The van der Waals surface area contributed by atoms with Gasteiger partial charge in [-0.05, 0) is 50.1 Å². The Labute approximate surface area is 191 Å². The first kappa shape index (κ1) is 22.1. The molecule has 8 nitrogen and oxygen atoms in total. The quantitative estimate of drug-likeness (QED) is 0.626. The van der Waals surface area contributed by atoms with Crippen LogP contribution < -0.4 is 16.2 Å². The average molecular weight is 444 g/mol. The van der Waals surface area contributed by atoms with Crippen LogP contribution >= 0.6 is 0 Å². The van der Waals surface area contributed by atoms with Gasteiger partial charge in [0.1, 0.15) is 11.1 Å². The molecule has 1 heterocycles. The summed E-state index contributed by atoms with van der Waals surface area (Å²) in [7, 11) is 1.75. The number of anilines is 2. The molecule has 2 aromatic carbocycles. The standard InChI is InChI=1S/C25H25N5O3/c1-17-21(23(32)30(29(17)2)20-11-4-3-5-12-20)28-22(31)18-9-8-10-19(15-18)27-24(33)25(16-26)13-6-7-14-25/h3-5,8-12,15H,6-7,13-14H2,1-2H3,(H,27,33)(H,28,31). The number of carbonyl (C=O) groups excluding carboxylic acids is 2. The van der Waals surface area contributed by atoms with Gasteiger partial charge in [0.15, 0.2) is 0 Å². The molecule has 0 aliphatic heterocycles. The monoisotopic (exact) mass is 443 g/mol. The Morgan fingerprint density at radius 3 is 2.39 bits per heavy atom. The molecular weight excluding hydrogens is 418 g/mol. The third kappa shape index (κ3) is 4.05. The predicted molar refractivity (Wildman–Crippen MR) is 125 cm³/mol. The molecule has 1 aliphatic carbocycles. The van der Waals surface area contributed by atoms with E-state index in [1.165, 1.54) is 4.68 Å². The van der Waals surface area contributed by atoms with Crippen molar-refractivity contribution in [1.82, 2.24) is 9.36 Å². The number of rotatable bonds is 5. The highest BCUT2D eigenvalue weighted by Gasteiger charge is 2.41. The fourth-order valence-electron chi connectivity index (χ4n) is 4.26. The van der Waals surface area contributed by atoms with E-state index in [2.05, 4.69) is 16.7 Å². The van der Waals surface area contributed by atoms with Gasteiger partial charge in [-0.1, -0.05) is 37.1 Å². The van der Waals surface area contributed by atoms with Crippen LogP contribution in [0.5, 0.6) is 0 Å². The molecule has 2 amide bonds. The predicted octanol–water partition coefficient (Wildman–Crippen LogP) is 3.76. The lowest BCUT2D eigenvalue weighted by molar-refractivity contribution is -0.122. The molecule has 0 saturated heterocycles.